The molecule has 1 aromatic rings. The van der Waals surface area contributed by atoms with Crippen LogP contribution < -0.4 is 17.1 Å². The molecule has 13 heavy (non-hydrogen) atoms. The van der Waals surface area contributed by atoms with E-state index in [1.54, 1.807) is 0 Å². The van der Waals surface area contributed by atoms with Crippen molar-refractivity contribution in [3.8, 4) is 5.75 Å². The molecule has 0 aliphatic heterocycles. The second kappa shape index (κ2) is 7.36. The number of para-hydroxylation sites is 1. The van der Waals surface area contributed by atoms with E-state index >= 15 is 0 Å². The first kappa shape index (κ1) is 15.4. The molecule has 0 aliphatic rings. The fourth-order valence-corrected chi connectivity index (χ4v) is 0.873. The Hall–Kier alpha value is -0.0538. The molecular formula is C10H13ClMgO. The zero-order valence-electron chi connectivity index (χ0n) is 8.09. The standard InChI is InChI=1S/C10H13O.ClH.Mg/c1-8(2)11-10-7-5-4-6-9(10)3;;/h4-8H,3H2,1-2H3;1H;/q-1;;+2/p-1. The van der Waals surface area contributed by atoms with Gasteiger partial charge in [-0.3, -0.25) is 0 Å². The molecule has 0 saturated carbocycles. The number of halogens is 1. The number of hydrogen-bond donors (Lipinski definition) is 0. The van der Waals surface area contributed by atoms with E-state index in [2.05, 4.69) is 6.92 Å². The van der Waals surface area contributed by atoms with E-state index in [-0.39, 0.29) is 41.6 Å². The van der Waals surface area contributed by atoms with Crippen molar-refractivity contribution in [1.29, 1.82) is 0 Å². The summed E-state index contributed by atoms with van der Waals surface area (Å²) >= 11 is 0. The smallest absolute Gasteiger partial charge is 1.00 e. The molecule has 0 amide bonds. The molecule has 1 aromatic carbocycles. The van der Waals surface area contributed by atoms with Gasteiger partial charge in [0.25, 0.3) is 0 Å². The Bertz CT molecular complexity index is 238. The van der Waals surface area contributed by atoms with E-state index in [0.29, 0.717) is 0 Å². The van der Waals surface area contributed by atoms with E-state index in [1.807, 2.05) is 38.1 Å². The summed E-state index contributed by atoms with van der Waals surface area (Å²) in [4.78, 5) is 0. The summed E-state index contributed by atoms with van der Waals surface area (Å²) in [7, 11) is 0. The third-order valence-electron chi connectivity index (χ3n) is 1.34. The second-order valence-corrected chi connectivity index (χ2v) is 2.77. The van der Waals surface area contributed by atoms with Gasteiger partial charge in [0.1, 0.15) is 0 Å². The van der Waals surface area contributed by atoms with E-state index in [4.69, 9.17) is 4.74 Å². The third kappa shape index (κ3) is 5.29. The van der Waals surface area contributed by atoms with Crippen molar-refractivity contribution in [1.82, 2.24) is 0 Å². The summed E-state index contributed by atoms with van der Waals surface area (Å²) in [6, 6.07) is 7.78. The molecule has 0 spiro atoms. The summed E-state index contributed by atoms with van der Waals surface area (Å²) in [6.45, 7) is 7.86. The number of ether oxygens (including phenoxy) is 1. The zero-order chi connectivity index (χ0) is 8.27. The SMILES string of the molecule is [CH2-]c1ccccc1OC(C)C.[Cl-].[Mg+2]. The van der Waals surface area contributed by atoms with Gasteiger partial charge in [-0.2, -0.15) is 18.6 Å². The van der Waals surface area contributed by atoms with E-state index < -0.39 is 0 Å². The normalized spacial score (nSPS) is 8.54. The maximum Gasteiger partial charge on any atom is 2.00 e. The van der Waals surface area contributed by atoms with Crippen LogP contribution in [0.1, 0.15) is 19.4 Å². The maximum absolute atomic E-state index is 5.48. The second-order valence-electron chi connectivity index (χ2n) is 2.77. The molecule has 0 radical (unpaired) electrons. The van der Waals surface area contributed by atoms with Gasteiger partial charge in [0, 0.05) is 5.75 Å². The van der Waals surface area contributed by atoms with Gasteiger partial charge in [-0.15, -0.1) is 6.07 Å². The minimum Gasteiger partial charge on any atom is -1.00 e. The largest absolute Gasteiger partial charge is 2.00 e. The van der Waals surface area contributed by atoms with Gasteiger partial charge in [-0.25, -0.2) is 0 Å². The fraction of sp³-hybridized carbons (Fsp3) is 0.300. The Morgan fingerprint density at radius 1 is 1.23 bits per heavy atom. The van der Waals surface area contributed by atoms with Crippen LogP contribution in [0.15, 0.2) is 24.3 Å². The maximum atomic E-state index is 5.48. The zero-order valence-corrected chi connectivity index (χ0v) is 10.3. The molecule has 1 rings (SSSR count). The van der Waals surface area contributed by atoms with E-state index in [1.165, 1.54) is 0 Å². The van der Waals surface area contributed by atoms with Crippen LogP contribution in [-0.4, -0.2) is 29.2 Å². The molecule has 0 N–H and O–H groups in total. The van der Waals surface area contributed by atoms with Crippen molar-refractivity contribution in [3.63, 3.8) is 0 Å². The van der Waals surface area contributed by atoms with E-state index in [0.717, 1.165) is 11.3 Å². The molecule has 0 atom stereocenters. The molecule has 3 heteroatoms. The van der Waals surface area contributed by atoms with Crippen molar-refractivity contribution < 1.29 is 17.1 Å². The molecule has 0 unspecified atom stereocenters. The molecule has 68 valence electrons. The van der Waals surface area contributed by atoms with Crippen molar-refractivity contribution in [2.24, 2.45) is 0 Å². The third-order valence-corrected chi connectivity index (χ3v) is 1.34. The fourth-order valence-electron chi connectivity index (χ4n) is 0.873. The van der Waals surface area contributed by atoms with Gasteiger partial charge >= 0.3 is 23.1 Å². The van der Waals surface area contributed by atoms with Crippen LogP contribution in [0.3, 0.4) is 0 Å². The first-order chi connectivity index (χ1) is 5.20. The predicted octanol–water partition coefficient (Wildman–Crippen LogP) is -0.721. The summed E-state index contributed by atoms with van der Waals surface area (Å²) < 4.78 is 5.48. The summed E-state index contributed by atoms with van der Waals surface area (Å²) in [6.07, 6.45) is 0.220. The minimum atomic E-state index is 0. The minimum absolute atomic E-state index is 0. The Balaban J connectivity index is 0. The Morgan fingerprint density at radius 2 is 1.77 bits per heavy atom. The van der Waals surface area contributed by atoms with Crippen LogP contribution in [0.4, 0.5) is 0 Å². The van der Waals surface area contributed by atoms with Crippen molar-refractivity contribution >= 4 is 23.1 Å². The monoisotopic (exact) mass is 208 g/mol. The van der Waals surface area contributed by atoms with Gasteiger partial charge in [0.05, 0.1) is 6.10 Å². The topological polar surface area (TPSA) is 9.23 Å². The molecule has 0 heterocycles. The first-order valence-electron chi connectivity index (χ1n) is 3.78. The van der Waals surface area contributed by atoms with E-state index in [9.17, 15) is 0 Å². The van der Waals surface area contributed by atoms with Crippen molar-refractivity contribution in [3.05, 3.63) is 36.8 Å². The number of benzene rings is 1. The van der Waals surface area contributed by atoms with Crippen LogP contribution in [0.25, 0.3) is 0 Å². The Morgan fingerprint density at radius 3 is 2.23 bits per heavy atom. The molecule has 0 aliphatic carbocycles. The van der Waals surface area contributed by atoms with Crippen LogP contribution in [0.5, 0.6) is 5.75 Å². The van der Waals surface area contributed by atoms with Gasteiger partial charge in [0.15, 0.2) is 0 Å². The summed E-state index contributed by atoms with van der Waals surface area (Å²) in [5.74, 6) is 0.877. The van der Waals surface area contributed by atoms with Crippen LogP contribution in [-0.2, 0) is 0 Å². The van der Waals surface area contributed by atoms with Gasteiger partial charge < -0.3 is 17.1 Å². The average Bonchev–Trinajstić information content (AvgIpc) is 1.93. The van der Waals surface area contributed by atoms with Crippen molar-refractivity contribution in [2.75, 3.05) is 0 Å². The Kier molecular flexibility index (Phi) is 8.73. The average molecular weight is 209 g/mol. The Labute approximate surface area is 102 Å². The predicted molar refractivity (Wildman–Crippen MR) is 52.4 cm³/mol. The van der Waals surface area contributed by atoms with Crippen molar-refractivity contribution in [2.45, 2.75) is 20.0 Å². The summed E-state index contributed by atoms with van der Waals surface area (Å²) in [5.41, 5.74) is 0.946. The first-order valence-corrected chi connectivity index (χ1v) is 3.78. The molecule has 0 saturated heterocycles. The molecular weight excluding hydrogens is 196 g/mol. The van der Waals surface area contributed by atoms with Crippen LogP contribution >= 0.6 is 0 Å². The van der Waals surface area contributed by atoms with Gasteiger partial charge in [-0.1, -0.05) is 12.1 Å². The molecule has 0 fully saturated rings. The van der Waals surface area contributed by atoms with Gasteiger partial charge in [0.2, 0.25) is 0 Å². The molecule has 1 nitrogen and oxygen atoms in total. The van der Waals surface area contributed by atoms with Gasteiger partial charge in [-0.05, 0) is 13.8 Å². The number of hydrogen-bond acceptors (Lipinski definition) is 1. The summed E-state index contributed by atoms with van der Waals surface area (Å²) in [5, 5.41) is 0. The van der Waals surface area contributed by atoms with Crippen LogP contribution in [0.2, 0.25) is 0 Å². The number of rotatable bonds is 2. The molecule has 0 bridgehead atoms. The molecule has 0 aromatic heterocycles. The van der Waals surface area contributed by atoms with Crippen LogP contribution in [0, 0.1) is 6.92 Å². The quantitative estimate of drug-likeness (QED) is 0.461.